The first-order chi connectivity index (χ1) is 9.60. The number of piperidine rings is 1. The Morgan fingerprint density at radius 1 is 1.20 bits per heavy atom. The highest BCUT2D eigenvalue weighted by molar-refractivity contribution is 9.10. The third-order valence-electron chi connectivity index (χ3n) is 4.67. The van der Waals surface area contributed by atoms with Crippen molar-refractivity contribution in [1.29, 1.82) is 0 Å². The molecular weight excluding hydrogens is 312 g/mol. The van der Waals surface area contributed by atoms with E-state index in [4.69, 9.17) is 0 Å². The molecule has 1 unspecified atom stereocenters. The molecule has 2 atom stereocenters. The molecule has 1 heterocycles. The SMILES string of the molecule is CCN1CCC(C(C)N[C@H](C)c2ccc(Br)cc2)CC1. The van der Waals surface area contributed by atoms with Crippen LogP contribution < -0.4 is 5.32 Å². The van der Waals surface area contributed by atoms with Crippen molar-refractivity contribution in [1.82, 2.24) is 10.2 Å². The van der Waals surface area contributed by atoms with Crippen molar-refractivity contribution in [3.8, 4) is 0 Å². The van der Waals surface area contributed by atoms with E-state index in [2.05, 4.69) is 71.2 Å². The maximum atomic E-state index is 3.78. The molecule has 0 spiro atoms. The van der Waals surface area contributed by atoms with Crippen LogP contribution in [0, 0.1) is 5.92 Å². The van der Waals surface area contributed by atoms with Gasteiger partial charge in [0.15, 0.2) is 0 Å². The van der Waals surface area contributed by atoms with Gasteiger partial charge in [0.05, 0.1) is 0 Å². The van der Waals surface area contributed by atoms with Gasteiger partial charge in [-0.2, -0.15) is 0 Å². The molecule has 0 saturated carbocycles. The molecule has 1 saturated heterocycles. The molecule has 1 fully saturated rings. The fourth-order valence-corrected chi connectivity index (χ4v) is 3.41. The Balaban J connectivity index is 1.84. The van der Waals surface area contributed by atoms with Gasteiger partial charge in [-0.3, -0.25) is 0 Å². The van der Waals surface area contributed by atoms with Gasteiger partial charge in [0, 0.05) is 16.6 Å². The minimum atomic E-state index is 0.419. The van der Waals surface area contributed by atoms with Crippen molar-refractivity contribution in [2.45, 2.75) is 45.7 Å². The summed E-state index contributed by atoms with van der Waals surface area (Å²) < 4.78 is 1.15. The van der Waals surface area contributed by atoms with Crippen LogP contribution in [-0.4, -0.2) is 30.6 Å². The Bertz CT molecular complexity index is 396. The number of hydrogen-bond acceptors (Lipinski definition) is 2. The quantitative estimate of drug-likeness (QED) is 0.864. The average molecular weight is 339 g/mol. The van der Waals surface area contributed by atoms with E-state index in [0.29, 0.717) is 12.1 Å². The number of nitrogens with one attached hydrogen (secondary N) is 1. The topological polar surface area (TPSA) is 15.3 Å². The van der Waals surface area contributed by atoms with Crippen molar-refractivity contribution in [2.24, 2.45) is 5.92 Å². The number of nitrogens with zero attached hydrogens (tertiary/aromatic N) is 1. The maximum Gasteiger partial charge on any atom is 0.0294 e. The molecule has 1 N–H and O–H groups in total. The summed E-state index contributed by atoms with van der Waals surface area (Å²) in [6.45, 7) is 10.6. The molecule has 0 aliphatic carbocycles. The molecule has 20 heavy (non-hydrogen) atoms. The van der Waals surface area contributed by atoms with Crippen molar-refractivity contribution in [3.63, 3.8) is 0 Å². The minimum Gasteiger partial charge on any atom is -0.307 e. The number of benzene rings is 1. The summed E-state index contributed by atoms with van der Waals surface area (Å²) in [5.41, 5.74) is 1.37. The third kappa shape index (κ3) is 4.31. The third-order valence-corrected chi connectivity index (χ3v) is 5.20. The van der Waals surface area contributed by atoms with E-state index in [-0.39, 0.29) is 0 Å². The summed E-state index contributed by atoms with van der Waals surface area (Å²) in [6, 6.07) is 9.66. The van der Waals surface area contributed by atoms with E-state index in [1.807, 2.05) is 0 Å². The molecule has 0 radical (unpaired) electrons. The highest BCUT2D eigenvalue weighted by Crippen LogP contribution is 2.23. The molecule has 1 aromatic rings. The smallest absolute Gasteiger partial charge is 0.0294 e. The van der Waals surface area contributed by atoms with Crippen LogP contribution in [-0.2, 0) is 0 Å². The maximum absolute atomic E-state index is 3.78. The Hall–Kier alpha value is -0.380. The molecule has 0 amide bonds. The van der Waals surface area contributed by atoms with Gasteiger partial charge in [-0.25, -0.2) is 0 Å². The van der Waals surface area contributed by atoms with Crippen LogP contribution in [0.3, 0.4) is 0 Å². The number of rotatable bonds is 5. The van der Waals surface area contributed by atoms with Gasteiger partial charge in [-0.1, -0.05) is 35.0 Å². The van der Waals surface area contributed by atoms with Crippen molar-refractivity contribution in [3.05, 3.63) is 34.3 Å². The van der Waals surface area contributed by atoms with E-state index < -0.39 is 0 Å². The van der Waals surface area contributed by atoms with Gasteiger partial charge in [0.25, 0.3) is 0 Å². The summed E-state index contributed by atoms with van der Waals surface area (Å²) in [7, 11) is 0. The molecule has 112 valence electrons. The fraction of sp³-hybridized carbons (Fsp3) is 0.647. The lowest BCUT2D eigenvalue weighted by Gasteiger charge is -2.35. The van der Waals surface area contributed by atoms with E-state index >= 15 is 0 Å². The van der Waals surface area contributed by atoms with Gasteiger partial charge in [-0.05, 0) is 69.9 Å². The largest absolute Gasteiger partial charge is 0.307 e. The van der Waals surface area contributed by atoms with E-state index in [9.17, 15) is 0 Å². The number of likely N-dealkylation sites (tertiary alicyclic amines) is 1. The zero-order chi connectivity index (χ0) is 14.5. The molecule has 1 aromatic carbocycles. The van der Waals surface area contributed by atoms with Gasteiger partial charge in [0.1, 0.15) is 0 Å². The van der Waals surface area contributed by atoms with Gasteiger partial charge < -0.3 is 10.2 Å². The molecular formula is C17H27BrN2. The predicted octanol–water partition coefficient (Wildman–Crippen LogP) is 4.22. The molecule has 0 aromatic heterocycles. The molecule has 2 rings (SSSR count). The fourth-order valence-electron chi connectivity index (χ4n) is 3.15. The normalized spacial score (nSPS) is 20.8. The predicted molar refractivity (Wildman–Crippen MR) is 90.0 cm³/mol. The van der Waals surface area contributed by atoms with Gasteiger partial charge in [0.2, 0.25) is 0 Å². The lowest BCUT2D eigenvalue weighted by Crippen LogP contribution is -2.42. The minimum absolute atomic E-state index is 0.419. The summed E-state index contributed by atoms with van der Waals surface area (Å²) in [5.74, 6) is 0.815. The first kappa shape index (κ1) is 16.0. The molecule has 1 aliphatic heterocycles. The molecule has 2 nitrogen and oxygen atoms in total. The standard InChI is InChI=1S/C17H27BrN2/c1-4-20-11-9-16(10-12-20)14(3)19-13(2)15-5-7-17(18)8-6-15/h5-8,13-14,16,19H,4,9-12H2,1-3H3/t13-,14?/m1/s1. The van der Waals surface area contributed by atoms with Crippen molar-refractivity contribution >= 4 is 15.9 Å². The Morgan fingerprint density at radius 2 is 1.80 bits per heavy atom. The van der Waals surface area contributed by atoms with Crippen LogP contribution in [0.1, 0.15) is 45.2 Å². The van der Waals surface area contributed by atoms with Crippen molar-refractivity contribution in [2.75, 3.05) is 19.6 Å². The summed E-state index contributed by atoms with van der Waals surface area (Å²) >= 11 is 3.50. The molecule has 1 aliphatic rings. The Kier molecular flexibility index (Phi) is 6.06. The number of hydrogen-bond donors (Lipinski definition) is 1. The summed E-state index contributed by atoms with van der Waals surface area (Å²) in [4.78, 5) is 2.56. The zero-order valence-electron chi connectivity index (χ0n) is 12.9. The second kappa shape index (κ2) is 7.58. The highest BCUT2D eigenvalue weighted by atomic mass is 79.9. The van der Waals surface area contributed by atoms with Crippen molar-refractivity contribution < 1.29 is 0 Å². The molecule has 0 bridgehead atoms. The van der Waals surface area contributed by atoms with E-state index in [0.717, 1.165) is 10.4 Å². The van der Waals surface area contributed by atoms with E-state index in [1.54, 1.807) is 0 Å². The highest BCUT2D eigenvalue weighted by Gasteiger charge is 2.24. The second-order valence-corrected chi connectivity index (χ2v) is 6.92. The lowest BCUT2D eigenvalue weighted by atomic mass is 9.89. The van der Waals surface area contributed by atoms with E-state index in [1.165, 1.54) is 38.0 Å². The van der Waals surface area contributed by atoms with Crippen LogP contribution in [0.4, 0.5) is 0 Å². The van der Waals surface area contributed by atoms with Crippen LogP contribution in [0.5, 0.6) is 0 Å². The molecule has 3 heteroatoms. The second-order valence-electron chi connectivity index (χ2n) is 6.00. The van der Waals surface area contributed by atoms with Crippen LogP contribution >= 0.6 is 15.9 Å². The monoisotopic (exact) mass is 338 g/mol. The zero-order valence-corrected chi connectivity index (χ0v) is 14.5. The van der Waals surface area contributed by atoms with Crippen LogP contribution in [0.25, 0.3) is 0 Å². The Morgan fingerprint density at radius 3 is 2.35 bits per heavy atom. The average Bonchev–Trinajstić information content (AvgIpc) is 2.48. The van der Waals surface area contributed by atoms with Gasteiger partial charge in [-0.15, -0.1) is 0 Å². The summed E-state index contributed by atoms with van der Waals surface area (Å²) in [5, 5.41) is 3.78. The Labute approximate surface area is 132 Å². The first-order valence-electron chi connectivity index (χ1n) is 7.84. The number of halogens is 1. The first-order valence-corrected chi connectivity index (χ1v) is 8.63. The van der Waals surface area contributed by atoms with Crippen LogP contribution in [0.15, 0.2) is 28.7 Å². The lowest BCUT2D eigenvalue weighted by molar-refractivity contribution is 0.165. The van der Waals surface area contributed by atoms with Gasteiger partial charge >= 0.3 is 0 Å². The van der Waals surface area contributed by atoms with Crippen LogP contribution in [0.2, 0.25) is 0 Å². The summed E-state index contributed by atoms with van der Waals surface area (Å²) in [6.07, 6.45) is 2.66.